The minimum atomic E-state index is 0.430. The second kappa shape index (κ2) is 6.25. The highest BCUT2D eigenvalue weighted by Gasteiger charge is 2.34. The van der Waals surface area contributed by atoms with Crippen LogP contribution in [0.4, 0.5) is 0 Å². The average molecular weight is 343 g/mol. The number of piperidine rings is 1. The van der Waals surface area contributed by atoms with Gasteiger partial charge in [-0.05, 0) is 53.2 Å². The maximum absolute atomic E-state index is 6.06. The Kier molecular flexibility index (Phi) is 4.62. The number of fused-ring (bicyclic) bond motifs is 1. The second-order valence-electron chi connectivity index (χ2n) is 6.01. The fourth-order valence-electron chi connectivity index (χ4n) is 3.86. The first-order valence-electron chi connectivity index (χ1n) is 7.46. The molecule has 19 heavy (non-hydrogen) atoms. The predicted octanol–water partition coefficient (Wildman–Crippen LogP) is 4.02. The van der Waals surface area contributed by atoms with Crippen LogP contribution in [0.15, 0.2) is 15.9 Å². The van der Waals surface area contributed by atoms with Crippen LogP contribution in [0.3, 0.4) is 0 Å². The summed E-state index contributed by atoms with van der Waals surface area (Å²) >= 11 is 5.40. The molecule has 2 N–H and O–H groups in total. The van der Waals surface area contributed by atoms with Gasteiger partial charge in [0.1, 0.15) is 0 Å². The summed E-state index contributed by atoms with van der Waals surface area (Å²) in [6.07, 6.45) is 7.18. The number of hydrogen-bond acceptors (Lipinski definition) is 3. The lowest BCUT2D eigenvalue weighted by Crippen LogP contribution is -2.45. The van der Waals surface area contributed by atoms with Crippen molar-refractivity contribution in [2.75, 3.05) is 19.6 Å². The van der Waals surface area contributed by atoms with Crippen LogP contribution < -0.4 is 5.73 Å². The molecule has 3 atom stereocenters. The largest absolute Gasteiger partial charge is 0.329 e. The number of rotatable bonds is 3. The van der Waals surface area contributed by atoms with Gasteiger partial charge in [0.15, 0.2) is 0 Å². The van der Waals surface area contributed by atoms with Gasteiger partial charge in [-0.2, -0.15) is 0 Å². The summed E-state index contributed by atoms with van der Waals surface area (Å²) in [6, 6.07) is 2.67. The zero-order valence-corrected chi connectivity index (χ0v) is 13.8. The Morgan fingerprint density at radius 2 is 2.11 bits per heavy atom. The van der Waals surface area contributed by atoms with Crippen LogP contribution in [-0.4, -0.2) is 24.5 Å². The van der Waals surface area contributed by atoms with Crippen molar-refractivity contribution < 1.29 is 0 Å². The van der Waals surface area contributed by atoms with Crippen molar-refractivity contribution in [2.24, 2.45) is 17.6 Å². The summed E-state index contributed by atoms with van der Waals surface area (Å²) in [5, 5.41) is 2.17. The highest BCUT2D eigenvalue weighted by atomic mass is 79.9. The summed E-state index contributed by atoms with van der Waals surface area (Å²) in [6.45, 7) is 3.24. The molecule has 3 unspecified atom stereocenters. The third-order valence-corrected chi connectivity index (χ3v) is 6.70. The van der Waals surface area contributed by atoms with E-state index in [1.54, 1.807) is 0 Å². The number of thiophene rings is 1. The number of halogens is 1. The van der Waals surface area contributed by atoms with Crippen LogP contribution in [0.1, 0.15) is 43.0 Å². The van der Waals surface area contributed by atoms with Gasteiger partial charge in [0.05, 0.1) is 6.04 Å². The highest BCUT2D eigenvalue weighted by molar-refractivity contribution is 9.10. The van der Waals surface area contributed by atoms with Gasteiger partial charge in [-0.25, -0.2) is 0 Å². The Labute approximate surface area is 128 Å². The molecule has 3 rings (SSSR count). The third-order valence-electron chi connectivity index (χ3n) is 4.90. The van der Waals surface area contributed by atoms with Gasteiger partial charge >= 0.3 is 0 Å². The molecule has 1 aliphatic carbocycles. The first-order valence-corrected chi connectivity index (χ1v) is 9.13. The van der Waals surface area contributed by atoms with Crippen LogP contribution >= 0.6 is 27.3 Å². The molecule has 0 aromatic carbocycles. The molecule has 2 heterocycles. The first kappa shape index (κ1) is 14.1. The molecule has 4 heteroatoms. The van der Waals surface area contributed by atoms with E-state index in [1.165, 1.54) is 54.5 Å². The zero-order chi connectivity index (χ0) is 13.2. The summed E-state index contributed by atoms with van der Waals surface area (Å²) in [7, 11) is 0. The molecule has 2 aliphatic rings. The lowest BCUT2D eigenvalue weighted by molar-refractivity contribution is 0.0596. The number of likely N-dealkylation sites (tertiary alicyclic amines) is 1. The minimum absolute atomic E-state index is 0.430. The molecule has 2 nitrogen and oxygen atoms in total. The fourth-order valence-corrected chi connectivity index (χ4v) is 5.45. The molecule has 106 valence electrons. The molecule has 0 amide bonds. The average Bonchev–Trinajstić information content (AvgIpc) is 2.86. The molecule has 0 radical (unpaired) electrons. The van der Waals surface area contributed by atoms with Crippen molar-refractivity contribution in [2.45, 2.75) is 38.1 Å². The van der Waals surface area contributed by atoms with Crippen molar-refractivity contribution in [1.29, 1.82) is 0 Å². The predicted molar refractivity (Wildman–Crippen MR) is 85.5 cm³/mol. The monoisotopic (exact) mass is 342 g/mol. The smallest absolute Gasteiger partial charge is 0.0564 e. The van der Waals surface area contributed by atoms with Gasteiger partial charge in [-0.1, -0.05) is 19.3 Å². The van der Waals surface area contributed by atoms with E-state index in [2.05, 4.69) is 32.3 Å². The fraction of sp³-hybridized carbons (Fsp3) is 0.733. The van der Waals surface area contributed by atoms with Gasteiger partial charge < -0.3 is 5.73 Å². The Balaban J connectivity index is 1.70. The summed E-state index contributed by atoms with van der Waals surface area (Å²) in [5.41, 5.74) is 6.06. The molecular formula is C15H23BrN2S. The minimum Gasteiger partial charge on any atom is -0.329 e. The van der Waals surface area contributed by atoms with E-state index in [9.17, 15) is 0 Å². The zero-order valence-electron chi connectivity index (χ0n) is 11.4. The van der Waals surface area contributed by atoms with Crippen molar-refractivity contribution in [3.05, 3.63) is 20.8 Å². The van der Waals surface area contributed by atoms with Gasteiger partial charge in [0.2, 0.25) is 0 Å². The maximum Gasteiger partial charge on any atom is 0.0564 e. The van der Waals surface area contributed by atoms with E-state index in [0.29, 0.717) is 6.04 Å². The second-order valence-corrected chi connectivity index (χ2v) is 7.87. The van der Waals surface area contributed by atoms with E-state index in [4.69, 9.17) is 5.73 Å². The Hall–Kier alpha value is 0.1000. The molecule has 0 bridgehead atoms. The first-order chi connectivity index (χ1) is 9.28. The normalized spacial score (nSPS) is 30.0. The Morgan fingerprint density at radius 3 is 2.79 bits per heavy atom. The van der Waals surface area contributed by atoms with Crippen LogP contribution in [0.25, 0.3) is 0 Å². The number of hydrogen-bond donors (Lipinski definition) is 1. The van der Waals surface area contributed by atoms with Crippen LogP contribution in [0.5, 0.6) is 0 Å². The van der Waals surface area contributed by atoms with E-state index in [0.717, 1.165) is 18.4 Å². The van der Waals surface area contributed by atoms with Crippen molar-refractivity contribution in [3.63, 3.8) is 0 Å². The van der Waals surface area contributed by atoms with E-state index in [1.807, 2.05) is 11.3 Å². The van der Waals surface area contributed by atoms with Gasteiger partial charge in [-0.15, -0.1) is 11.3 Å². The Morgan fingerprint density at radius 1 is 1.32 bits per heavy atom. The highest BCUT2D eigenvalue weighted by Crippen LogP contribution is 2.39. The van der Waals surface area contributed by atoms with Crippen molar-refractivity contribution in [1.82, 2.24) is 4.90 Å². The molecule has 1 aromatic rings. The number of nitrogens with two attached hydrogens (primary N) is 1. The summed E-state index contributed by atoms with van der Waals surface area (Å²) in [5.74, 6) is 1.93. The molecule has 1 aromatic heterocycles. The van der Waals surface area contributed by atoms with Crippen LogP contribution in [0.2, 0.25) is 0 Å². The SMILES string of the molecule is NCC(c1cc(Br)cs1)N1CCC2CCCCC2C1. The standard InChI is InChI=1S/C15H23BrN2S/c16-13-7-15(19-10-13)14(8-17)18-6-5-11-3-1-2-4-12(11)9-18/h7,10-12,14H,1-6,8-9,17H2. The molecule has 1 aliphatic heterocycles. The summed E-state index contributed by atoms with van der Waals surface area (Å²) < 4.78 is 1.19. The number of nitrogens with zero attached hydrogens (tertiary/aromatic N) is 1. The molecule has 0 spiro atoms. The molecule has 1 saturated heterocycles. The van der Waals surface area contributed by atoms with Gasteiger partial charge in [0.25, 0.3) is 0 Å². The third kappa shape index (κ3) is 3.07. The van der Waals surface area contributed by atoms with Gasteiger partial charge in [0, 0.05) is 27.8 Å². The lowest BCUT2D eigenvalue weighted by Gasteiger charge is -2.44. The van der Waals surface area contributed by atoms with E-state index >= 15 is 0 Å². The van der Waals surface area contributed by atoms with Crippen molar-refractivity contribution >= 4 is 27.3 Å². The van der Waals surface area contributed by atoms with E-state index < -0.39 is 0 Å². The van der Waals surface area contributed by atoms with Crippen molar-refractivity contribution in [3.8, 4) is 0 Å². The van der Waals surface area contributed by atoms with Gasteiger partial charge in [-0.3, -0.25) is 4.90 Å². The topological polar surface area (TPSA) is 29.3 Å². The summed E-state index contributed by atoms with van der Waals surface area (Å²) in [4.78, 5) is 4.06. The van der Waals surface area contributed by atoms with Crippen LogP contribution in [-0.2, 0) is 0 Å². The Bertz CT molecular complexity index is 420. The quantitative estimate of drug-likeness (QED) is 0.898. The molecule has 2 fully saturated rings. The molecular weight excluding hydrogens is 320 g/mol. The lowest BCUT2D eigenvalue weighted by atomic mass is 9.75. The maximum atomic E-state index is 6.06. The van der Waals surface area contributed by atoms with E-state index in [-0.39, 0.29) is 0 Å². The van der Waals surface area contributed by atoms with Crippen LogP contribution in [0, 0.1) is 11.8 Å². The molecule has 1 saturated carbocycles.